The van der Waals surface area contributed by atoms with E-state index in [0.717, 1.165) is 5.13 Å². The van der Waals surface area contributed by atoms with Crippen molar-refractivity contribution < 1.29 is 14.1 Å². The molecule has 0 fully saturated rings. The van der Waals surface area contributed by atoms with Gasteiger partial charge >= 0.3 is 5.97 Å². The summed E-state index contributed by atoms with van der Waals surface area (Å²) in [4.78, 5) is 19.2. The van der Waals surface area contributed by atoms with Gasteiger partial charge in [-0.3, -0.25) is 4.79 Å². The number of carbonyl (C=O) groups excluding carboxylic acids is 1. The van der Waals surface area contributed by atoms with E-state index < -0.39 is 0 Å². The Morgan fingerprint density at radius 3 is 3.22 bits per heavy atom. The summed E-state index contributed by atoms with van der Waals surface area (Å²) in [6.45, 7) is 0.657. The molecule has 0 aliphatic heterocycles. The van der Waals surface area contributed by atoms with Crippen molar-refractivity contribution in [1.82, 2.24) is 15.1 Å². The summed E-state index contributed by atoms with van der Waals surface area (Å²) in [6.07, 6.45) is 2.15. The first-order valence-corrected chi connectivity index (χ1v) is 6.16. The normalized spacial score (nSPS) is 10.3. The lowest BCUT2D eigenvalue weighted by atomic mass is 10.3. The Morgan fingerprint density at radius 1 is 1.61 bits per heavy atom. The average molecular weight is 268 g/mol. The molecule has 0 spiro atoms. The summed E-state index contributed by atoms with van der Waals surface area (Å²) in [6, 6.07) is 0. The average Bonchev–Trinajstić information content (AvgIpc) is 3.01. The van der Waals surface area contributed by atoms with Gasteiger partial charge in [-0.1, -0.05) is 5.16 Å². The zero-order valence-electron chi connectivity index (χ0n) is 9.75. The van der Waals surface area contributed by atoms with Crippen molar-refractivity contribution in [2.24, 2.45) is 0 Å². The molecule has 0 bridgehead atoms. The van der Waals surface area contributed by atoms with Gasteiger partial charge in [0.1, 0.15) is 0 Å². The molecule has 2 rings (SSSR count). The first-order chi connectivity index (χ1) is 8.78. The number of anilines is 1. The molecule has 0 unspecified atom stereocenters. The lowest BCUT2D eigenvalue weighted by Crippen LogP contribution is -2.07. The van der Waals surface area contributed by atoms with E-state index in [-0.39, 0.29) is 12.4 Å². The number of nitrogens with zero attached hydrogens (tertiary/aromatic N) is 3. The summed E-state index contributed by atoms with van der Waals surface area (Å²) in [5.74, 6) is 0.354. The maximum atomic E-state index is 11.1. The molecule has 0 aromatic carbocycles. The third kappa shape index (κ3) is 3.52. The van der Waals surface area contributed by atoms with Crippen LogP contribution in [0.25, 0.3) is 0 Å². The second-order valence-electron chi connectivity index (χ2n) is 3.42. The highest BCUT2D eigenvalue weighted by molar-refractivity contribution is 7.13. The van der Waals surface area contributed by atoms with Crippen LogP contribution in [0.2, 0.25) is 0 Å². The quantitative estimate of drug-likeness (QED) is 0.778. The highest BCUT2D eigenvalue weighted by Gasteiger charge is 2.07. The second-order valence-corrected chi connectivity index (χ2v) is 4.28. The highest BCUT2D eigenvalue weighted by Crippen LogP contribution is 2.15. The Kier molecular flexibility index (Phi) is 4.24. The Bertz CT molecular complexity index is 497. The zero-order valence-corrected chi connectivity index (χ0v) is 10.6. The number of ether oxygens (including phenoxy) is 1. The van der Waals surface area contributed by atoms with E-state index in [2.05, 4.69) is 29.7 Å². The van der Waals surface area contributed by atoms with Crippen LogP contribution in [0.15, 0.2) is 16.3 Å². The molecule has 0 aliphatic carbocycles. The van der Waals surface area contributed by atoms with Crippen LogP contribution in [0, 0.1) is 0 Å². The molecule has 96 valence electrons. The zero-order chi connectivity index (χ0) is 12.8. The van der Waals surface area contributed by atoms with Gasteiger partial charge in [-0.05, 0) is 0 Å². The van der Waals surface area contributed by atoms with E-state index in [4.69, 9.17) is 0 Å². The number of thiazole rings is 1. The van der Waals surface area contributed by atoms with E-state index in [1.165, 1.54) is 24.8 Å². The van der Waals surface area contributed by atoms with Crippen LogP contribution in [0.5, 0.6) is 0 Å². The minimum atomic E-state index is -0.293. The third-order valence-corrected chi connectivity index (χ3v) is 2.99. The van der Waals surface area contributed by atoms with Crippen molar-refractivity contribution >= 4 is 22.4 Å². The fourth-order valence-corrected chi connectivity index (χ4v) is 2.01. The smallest absolute Gasteiger partial charge is 0.311 e. The Hall–Kier alpha value is -1.96. The van der Waals surface area contributed by atoms with Gasteiger partial charge in [0.15, 0.2) is 11.0 Å². The van der Waals surface area contributed by atoms with Gasteiger partial charge in [0.2, 0.25) is 6.39 Å². The van der Waals surface area contributed by atoms with Crippen LogP contribution >= 0.6 is 11.3 Å². The van der Waals surface area contributed by atoms with Gasteiger partial charge in [-0.2, -0.15) is 4.98 Å². The minimum absolute atomic E-state index is 0.194. The molecule has 0 aliphatic rings. The molecule has 2 heterocycles. The lowest BCUT2D eigenvalue weighted by Gasteiger charge is -1.98. The van der Waals surface area contributed by atoms with E-state index in [1.807, 2.05) is 5.38 Å². The molecule has 18 heavy (non-hydrogen) atoms. The molecule has 2 aromatic rings. The second kappa shape index (κ2) is 6.10. The first kappa shape index (κ1) is 12.5. The maximum Gasteiger partial charge on any atom is 0.311 e. The number of esters is 1. The summed E-state index contributed by atoms with van der Waals surface area (Å²) in [7, 11) is 1.36. The van der Waals surface area contributed by atoms with Gasteiger partial charge in [-0.25, -0.2) is 4.98 Å². The first-order valence-electron chi connectivity index (χ1n) is 5.28. The predicted molar refractivity (Wildman–Crippen MR) is 64.3 cm³/mol. The number of carbonyl (C=O) groups is 1. The highest BCUT2D eigenvalue weighted by atomic mass is 32.1. The van der Waals surface area contributed by atoms with E-state index in [0.29, 0.717) is 24.5 Å². The molecule has 2 aromatic heterocycles. The summed E-state index contributed by atoms with van der Waals surface area (Å²) < 4.78 is 9.20. The molecule has 8 heteroatoms. The molecule has 0 radical (unpaired) electrons. The monoisotopic (exact) mass is 268 g/mol. The topological polar surface area (TPSA) is 90.1 Å². The molecule has 7 nitrogen and oxygen atoms in total. The predicted octanol–water partition coefficient (Wildman–Crippen LogP) is 0.896. The van der Waals surface area contributed by atoms with E-state index in [9.17, 15) is 4.79 Å². The number of hydrogen-bond acceptors (Lipinski definition) is 8. The Labute approximate surface area is 107 Å². The Morgan fingerprint density at radius 2 is 2.50 bits per heavy atom. The number of methoxy groups -OCH3 is 1. The number of rotatable bonds is 6. The van der Waals surface area contributed by atoms with Crippen LogP contribution in [0.4, 0.5) is 5.13 Å². The molecule has 0 saturated carbocycles. The molecule has 1 N–H and O–H groups in total. The van der Waals surface area contributed by atoms with E-state index in [1.54, 1.807) is 0 Å². The summed E-state index contributed by atoms with van der Waals surface area (Å²) in [5.41, 5.74) is 0.703. The largest absolute Gasteiger partial charge is 0.469 e. The van der Waals surface area contributed by atoms with Gasteiger partial charge < -0.3 is 14.6 Å². The standard InChI is InChI=1S/C10H12N4O3S/c1-16-9(15)4-7-5-18-10(13-7)11-3-2-8-12-6-17-14-8/h5-6H,2-4H2,1H3,(H,11,13). The molecule has 0 atom stereocenters. The van der Waals surface area contributed by atoms with Crippen molar-refractivity contribution in [3.63, 3.8) is 0 Å². The fourth-order valence-electron chi connectivity index (χ4n) is 1.27. The SMILES string of the molecule is COC(=O)Cc1csc(NCCc2ncon2)n1. The summed E-state index contributed by atoms with van der Waals surface area (Å²) >= 11 is 1.44. The van der Waals surface area contributed by atoms with Crippen molar-refractivity contribution in [2.45, 2.75) is 12.8 Å². The van der Waals surface area contributed by atoms with Crippen LogP contribution in [-0.4, -0.2) is 34.7 Å². The van der Waals surface area contributed by atoms with Gasteiger partial charge in [-0.15, -0.1) is 11.3 Å². The van der Waals surface area contributed by atoms with Gasteiger partial charge in [0.25, 0.3) is 0 Å². The van der Waals surface area contributed by atoms with Crippen molar-refractivity contribution in [3.8, 4) is 0 Å². The van der Waals surface area contributed by atoms with Crippen molar-refractivity contribution in [2.75, 3.05) is 19.0 Å². The van der Waals surface area contributed by atoms with Crippen LogP contribution in [-0.2, 0) is 22.4 Å². The number of hydrogen-bond donors (Lipinski definition) is 1. The maximum absolute atomic E-state index is 11.1. The fraction of sp³-hybridized carbons (Fsp3) is 0.400. The minimum Gasteiger partial charge on any atom is -0.469 e. The molecular weight excluding hydrogens is 256 g/mol. The van der Waals surface area contributed by atoms with Crippen LogP contribution in [0.3, 0.4) is 0 Å². The molecule has 0 amide bonds. The number of nitrogens with one attached hydrogen (secondary N) is 1. The van der Waals surface area contributed by atoms with Gasteiger partial charge in [0, 0.05) is 18.3 Å². The van der Waals surface area contributed by atoms with Crippen LogP contribution < -0.4 is 5.32 Å². The van der Waals surface area contributed by atoms with Gasteiger partial charge in [0.05, 0.1) is 19.2 Å². The van der Waals surface area contributed by atoms with Crippen LogP contribution in [0.1, 0.15) is 11.5 Å². The molecule has 0 saturated heterocycles. The lowest BCUT2D eigenvalue weighted by molar-refractivity contribution is -0.139. The van der Waals surface area contributed by atoms with E-state index >= 15 is 0 Å². The summed E-state index contributed by atoms with van der Waals surface area (Å²) in [5, 5.41) is 9.42. The number of aromatic nitrogens is 3. The Balaban J connectivity index is 1.78. The molecular formula is C10H12N4O3S. The van der Waals surface area contributed by atoms with Crippen molar-refractivity contribution in [1.29, 1.82) is 0 Å². The van der Waals surface area contributed by atoms with Crippen molar-refractivity contribution in [3.05, 3.63) is 23.3 Å². The third-order valence-electron chi connectivity index (χ3n) is 2.14.